The lowest BCUT2D eigenvalue weighted by Gasteiger charge is -2.26. The molecule has 0 aliphatic rings. The lowest BCUT2D eigenvalue weighted by atomic mass is 9.90. The van der Waals surface area contributed by atoms with Crippen molar-refractivity contribution in [3.63, 3.8) is 0 Å². The first-order chi connectivity index (χ1) is 30.2. The van der Waals surface area contributed by atoms with E-state index in [9.17, 15) is 0 Å². The summed E-state index contributed by atoms with van der Waals surface area (Å²) in [6.07, 6.45) is 0. The molecule has 4 heteroatoms. The molecule has 0 aliphatic heterocycles. The van der Waals surface area contributed by atoms with E-state index in [1.54, 1.807) is 0 Å². The maximum Gasteiger partial charge on any atom is 0.227 e. The third kappa shape index (κ3) is 5.88. The quantitative estimate of drug-likeness (QED) is 0.162. The van der Waals surface area contributed by atoms with Gasteiger partial charge in [0, 0.05) is 44.5 Å². The molecule has 12 aromatic rings. The molecule has 61 heavy (non-hydrogen) atoms. The summed E-state index contributed by atoms with van der Waals surface area (Å²) in [7, 11) is 0. The predicted molar refractivity (Wildman–Crippen MR) is 253 cm³/mol. The van der Waals surface area contributed by atoms with Crippen LogP contribution in [0.25, 0.3) is 99.4 Å². The summed E-state index contributed by atoms with van der Waals surface area (Å²) in [5.41, 5.74) is 14.2. The van der Waals surface area contributed by atoms with Gasteiger partial charge in [-0.05, 0) is 104 Å². The van der Waals surface area contributed by atoms with Crippen LogP contribution < -0.4 is 4.90 Å². The zero-order chi connectivity index (χ0) is 40.3. The van der Waals surface area contributed by atoms with Crippen molar-refractivity contribution in [3.8, 4) is 44.8 Å². The summed E-state index contributed by atoms with van der Waals surface area (Å²) < 4.78 is 13.5. The van der Waals surface area contributed by atoms with E-state index < -0.39 is 0 Å². The van der Waals surface area contributed by atoms with Gasteiger partial charge >= 0.3 is 0 Å². The summed E-state index contributed by atoms with van der Waals surface area (Å²) >= 11 is 0. The van der Waals surface area contributed by atoms with Gasteiger partial charge in [-0.2, -0.15) is 0 Å². The first-order valence-corrected chi connectivity index (χ1v) is 20.6. The van der Waals surface area contributed by atoms with Crippen LogP contribution in [0.2, 0.25) is 0 Å². The van der Waals surface area contributed by atoms with E-state index in [-0.39, 0.29) is 0 Å². The highest BCUT2D eigenvalue weighted by Crippen LogP contribution is 2.47. The standard InChI is InChI=1S/C57H36N2O2/c1-3-14-37(15-4-1)38-26-30-42(31-27-38)59(41-17-5-2-6-18-41)43-32-28-39(29-33-43)45-22-13-23-49-51-36-40-16-7-8-19-44(40)54(56(51)61-55(45)49)48-34-35-50(47-21-10-9-20-46(47)48)57-58-52-24-11-12-25-53(52)60-57/h1-36H. The summed E-state index contributed by atoms with van der Waals surface area (Å²) in [6.45, 7) is 0. The van der Waals surface area contributed by atoms with Crippen LogP contribution in [0.1, 0.15) is 0 Å². The van der Waals surface area contributed by atoms with Crippen LogP contribution >= 0.6 is 0 Å². The van der Waals surface area contributed by atoms with Gasteiger partial charge in [-0.3, -0.25) is 0 Å². The number of aromatic nitrogens is 1. The number of nitrogens with zero attached hydrogens (tertiary/aromatic N) is 2. The molecule has 0 aliphatic carbocycles. The van der Waals surface area contributed by atoms with E-state index in [1.807, 2.05) is 24.3 Å². The lowest BCUT2D eigenvalue weighted by molar-refractivity contribution is 0.620. The highest BCUT2D eigenvalue weighted by Gasteiger charge is 2.22. The molecular formula is C57H36N2O2. The average molecular weight is 781 g/mol. The second kappa shape index (κ2) is 14.3. The summed E-state index contributed by atoms with van der Waals surface area (Å²) in [5.74, 6) is 0.610. The summed E-state index contributed by atoms with van der Waals surface area (Å²) in [4.78, 5) is 7.18. The van der Waals surface area contributed by atoms with E-state index in [1.165, 1.54) is 11.1 Å². The molecule has 0 atom stereocenters. The van der Waals surface area contributed by atoms with Gasteiger partial charge in [-0.25, -0.2) is 4.98 Å². The summed E-state index contributed by atoms with van der Waals surface area (Å²) in [6, 6.07) is 76.9. The maximum absolute atomic E-state index is 7.16. The molecule has 0 saturated carbocycles. The van der Waals surface area contributed by atoms with E-state index >= 15 is 0 Å². The van der Waals surface area contributed by atoms with Gasteiger partial charge in [0.25, 0.3) is 0 Å². The van der Waals surface area contributed by atoms with Gasteiger partial charge in [0.15, 0.2) is 5.58 Å². The van der Waals surface area contributed by atoms with Crippen LogP contribution in [0, 0.1) is 0 Å². The fourth-order valence-electron chi connectivity index (χ4n) is 9.03. The third-order valence-corrected chi connectivity index (χ3v) is 11.9. The minimum atomic E-state index is 0.610. The molecular weight excluding hydrogens is 745 g/mol. The molecule has 0 amide bonds. The Hall–Kier alpha value is -8.21. The average Bonchev–Trinajstić information content (AvgIpc) is 3.94. The largest absolute Gasteiger partial charge is 0.455 e. The topological polar surface area (TPSA) is 42.4 Å². The van der Waals surface area contributed by atoms with Crippen LogP contribution in [0.5, 0.6) is 0 Å². The monoisotopic (exact) mass is 780 g/mol. The highest BCUT2D eigenvalue weighted by atomic mass is 16.3. The van der Waals surface area contributed by atoms with Crippen molar-refractivity contribution < 1.29 is 8.83 Å². The van der Waals surface area contributed by atoms with Gasteiger partial charge < -0.3 is 13.7 Å². The van der Waals surface area contributed by atoms with E-state index in [0.717, 1.165) is 99.5 Å². The third-order valence-electron chi connectivity index (χ3n) is 11.9. The zero-order valence-electron chi connectivity index (χ0n) is 33.0. The molecule has 2 heterocycles. The van der Waals surface area contributed by atoms with Gasteiger partial charge in [-0.1, -0.05) is 158 Å². The fraction of sp³-hybridized carbons (Fsp3) is 0. The SMILES string of the molecule is c1ccc(-c2ccc(N(c3ccccc3)c3ccc(-c4cccc5c4oc4c(-c6ccc(-c7nc8ccccc8o7)c7ccccc67)c6ccccc6cc45)cc3)cc2)cc1. The molecule has 0 unspecified atom stereocenters. The Morgan fingerprint density at radius 3 is 1.67 bits per heavy atom. The van der Waals surface area contributed by atoms with Crippen molar-refractivity contribution in [2.75, 3.05) is 4.90 Å². The molecule has 12 rings (SSSR count). The normalized spacial score (nSPS) is 11.6. The fourth-order valence-corrected chi connectivity index (χ4v) is 9.03. The molecule has 0 saturated heterocycles. The lowest BCUT2D eigenvalue weighted by Crippen LogP contribution is -2.09. The minimum Gasteiger partial charge on any atom is -0.455 e. The summed E-state index contributed by atoms with van der Waals surface area (Å²) in [5, 5.41) is 6.64. The van der Waals surface area contributed by atoms with Crippen LogP contribution in [0.4, 0.5) is 17.1 Å². The van der Waals surface area contributed by atoms with E-state index in [0.29, 0.717) is 5.89 Å². The predicted octanol–water partition coefficient (Wildman–Crippen LogP) is 16.2. The molecule has 0 bridgehead atoms. The first kappa shape index (κ1) is 34.8. The molecule has 10 aromatic carbocycles. The number of furan rings is 1. The van der Waals surface area contributed by atoms with Crippen LogP contribution in [0.15, 0.2) is 227 Å². The highest BCUT2D eigenvalue weighted by molar-refractivity contribution is 6.22. The second-order valence-electron chi connectivity index (χ2n) is 15.5. The molecule has 2 aromatic heterocycles. The van der Waals surface area contributed by atoms with Gasteiger partial charge in [0.2, 0.25) is 5.89 Å². The van der Waals surface area contributed by atoms with E-state index in [4.69, 9.17) is 13.8 Å². The van der Waals surface area contributed by atoms with Gasteiger partial charge in [0.05, 0.1) is 0 Å². The maximum atomic E-state index is 7.16. The van der Waals surface area contributed by atoms with Gasteiger partial charge in [-0.15, -0.1) is 0 Å². The minimum absolute atomic E-state index is 0.610. The smallest absolute Gasteiger partial charge is 0.227 e. The molecule has 0 spiro atoms. The molecule has 4 nitrogen and oxygen atoms in total. The van der Waals surface area contributed by atoms with Gasteiger partial charge in [0.1, 0.15) is 16.7 Å². The number of oxazole rings is 1. The Morgan fingerprint density at radius 2 is 0.918 bits per heavy atom. The Kier molecular flexibility index (Phi) is 8.13. The van der Waals surface area contributed by atoms with Crippen LogP contribution in [-0.2, 0) is 0 Å². The Balaban J connectivity index is 0.990. The van der Waals surface area contributed by atoms with Crippen LogP contribution in [0.3, 0.4) is 0 Å². The first-order valence-electron chi connectivity index (χ1n) is 20.6. The Morgan fingerprint density at radius 1 is 0.344 bits per heavy atom. The number of hydrogen-bond acceptors (Lipinski definition) is 4. The van der Waals surface area contributed by atoms with Crippen molar-refractivity contribution >= 4 is 71.6 Å². The number of fused-ring (bicyclic) bond motifs is 6. The number of benzene rings is 10. The second-order valence-corrected chi connectivity index (χ2v) is 15.5. The van der Waals surface area contributed by atoms with E-state index in [2.05, 4.69) is 199 Å². The molecule has 0 radical (unpaired) electrons. The van der Waals surface area contributed by atoms with Crippen LogP contribution in [-0.4, -0.2) is 4.98 Å². The number of anilines is 3. The molecule has 286 valence electrons. The molecule has 0 fully saturated rings. The number of para-hydroxylation sites is 4. The molecule has 0 N–H and O–H groups in total. The zero-order valence-corrected chi connectivity index (χ0v) is 33.0. The Bertz CT molecular complexity index is 3540. The number of hydrogen-bond donors (Lipinski definition) is 0. The van der Waals surface area contributed by atoms with Crippen molar-refractivity contribution in [3.05, 3.63) is 218 Å². The number of rotatable bonds is 7. The van der Waals surface area contributed by atoms with Crippen molar-refractivity contribution in [2.45, 2.75) is 0 Å². The Labute approximate surface area is 352 Å². The van der Waals surface area contributed by atoms with Crippen molar-refractivity contribution in [2.24, 2.45) is 0 Å². The van der Waals surface area contributed by atoms with Crippen molar-refractivity contribution in [1.82, 2.24) is 4.98 Å². The van der Waals surface area contributed by atoms with Crippen molar-refractivity contribution in [1.29, 1.82) is 0 Å².